The maximum atomic E-state index is 5.41. The van der Waals surface area contributed by atoms with Gasteiger partial charge in [-0.25, -0.2) is 0 Å². The van der Waals surface area contributed by atoms with Crippen molar-refractivity contribution >= 4 is 11.8 Å². The molecule has 1 aromatic rings. The van der Waals surface area contributed by atoms with Crippen molar-refractivity contribution in [1.29, 1.82) is 0 Å². The normalized spacial score (nSPS) is 25.5. The summed E-state index contributed by atoms with van der Waals surface area (Å²) in [5, 5.41) is 3.82. The van der Waals surface area contributed by atoms with Crippen molar-refractivity contribution in [3.63, 3.8) is 0 Å². The lowest BCUT2D eigenvalue weighted by molar-refractivity contribution is 0.0745. The van der Waals surface area contributed by atoms with Crippen LogP contribution in [-0.4, -0.2) is 25.0 Å². The van der Waals surface area contributed by atoms with Gasteiger partial charge in [-0.05, 0) is 36.6 Å². The third kappa shape index (κ3) is 2.67. The molecule has 3 rings (SSSR count). The zero-order chi connectivity index (χ0) is 11.5. The molecule has 0 radical (unpaired) electrons. The van der Waals surface area contributed by atoms with E-state index in [1.54, 1.807) is 0 Å². The van der Waals surface area contributed by atoms with E-state index in [-0.39, 0.29) is 0 Å². The Bertz CT molecular complexity index is 376. The zero-order valence-corrected chi connectivity index (χ0v) is 10.8. The molecule has 0 aliphatic carbocycles. The van der Waals surface area contributed by atoms with Crippen LogP contribution in [0.3, 0.4) is 0 Å². The van der Waals surface area contributed by atoms with Crippen LogP contribution in [0.1, 0.15) is 30.9 Å². The van der Waals surface area contributed by atoms with Gasteiger partial charge in [-0.3, -0.25) is 0 Å². The molecule has 92 valence electrons. The van der Waals surface area contributed by atoms with Gasteiger partial charge in [0.2, 0.25) is 0 Å². The Morgan fingerprint density at radius 2 is 1.94 bits per heavy atom. The maximum Gasteiger partial charge on any atom is 0.0480 e. The third-order valence-electron chi connectivity index (χ3n) is 3.62. The quantitative estimate of drug-likeness (QED) is 0.870. The average Bonchev–Trinajstić information content (AvgIpc) is 2.40. The van der Waals surface area contributed by atoms with Gasteiger partial charge in [-0.1, -0.05) is 18.2 Å². The monoisotopic (exact) mass is 249 g/mol. The number of benzene rings is 1. The van der Waals surface area contributed by atoms with Crippen molar-refractivity contribution < 1.29 is 4.74 Å². The molecule has 0 aromatic heterocycles. The molecule has 0 spiro atoms. The number of hydrogen-bond donors (Lipinski definition) is 1. The molecular formula is C14H19NOS. The van der Waals surface area contributed by atoms with Crippen LogP contribution in [0.5, 0.6) is 0 Å². The van der Waals surface area contributed by atoms with E-state index in [4.69, 9.17) is 4.74 Å². The van der Waals surface area contributed by atoms with Gasteiger partial charge >= 0.3 is 0 Å². The molecule has 2 aliphatic rings. The Morgan fingerprint density at radius 3 is 2.82 bits per heavy atom. The highest BCUT2D eigenvalue weighted by Crippen LogP contribution is 2.36. The van der Waals surface area contributed by atoms with E-state index in [9.17, 15) is 0 Å². The van der Waals surface area contributed by atoms with Gasteiger partial charge in [-0.15, -0.1) is 11.8 Å². The minimum absolute atomic E-state index is 0.551. The lowest BCUT2D eigenvalue weighted by Gasteiger charge is -2.32. The largest absolute Gasteiger partial charge is 0.381 e. The van der Waals surface area contributed by atoms with Gasteiger partial charge in [-0.2, -0.15) is 0 Å². The highest BCUT2D eigenvalue weighted by molar-refractivity contribution is 7.99. The van der Waals surface area contributed by atoms with E-state index >= 15 is 0 Å². The highest BCUT2D eigenvalue weighted by Gasteiger charge is 2.23. The average molecular weight is 249 g/mol. The predicted octanol–water partition coefficient (Wildman–Crippen LogP) is 2.99. The number of thioether (sulfide) groups is 1. The molecule has 1 saturated heterocycles. The molecule has 0 amide bonds. The molecule has 1 atom stereocenters. The van der Waals surface area contributed by atoms with Crippen LogP contribution in [0.2, 0.25) is 0 Å². The van der Waals surface area contributed by atoms with Crippen molar-refractivity contribution in [2.45, 2.75) is 36.2 Å². The molecule has 1 unspecified atom stereocenters. The van der Waals surface area contributed by atoms with E-state index in [0.29, 0.717) is 12.1 Å². The summed E-state index contributed by atoms with van der Waals surface area (Å²) in [5.74, 6) is 1.23. The van der Waals surface area contributed by atoms with E-state index < -0.39 is 0 Å². The summed E-state index contributed by atoms with van der Waals surface area (Å²) in [6.45, 7) is 1.83. The number of ether oxygens (including phenoxy) is 1. The van der Waals surface area contributed by atoms with Crippen molar-refractivity contribution in [3.8, 4) is 0 Å². The summed E-state index contributed by atoms with van der Waals surface area (Å²) in [5.41, 5.74) is 1.50. The van der Waals surface area contributed by atoms with Gasteiger partial charge in [0.15, 0.2) is 0 Å². The SMILES string of the molecule is c1ccc2c(c1)SCCC2NC1CCOCC1. The fraction of sp³-hybridized carbons (Fsp3) is 0.571. The van der Waals surface area contributed by atoms with Gasteiger partial charge in [0.25, 0.3) is 0 Å². The smallest absolute Gasteiger partial charge is 0.0480 e. The predicted molar refractivity (Wildman–Crippen MR) is 71.5 cm³/mol. The number of fused-ring (bicyclic) bond motifs is 1. The van der Waals surface area contributed by atoms with Crippen LogP contribution in [0.15, 0.2) is 29.2 Å². The van der Waals surface area contributed by atoms with Crippen LogP contribution in [0.4, 0.5) is 0 Å². The maximum absolute atomic E-state index is 5.41. The standard InChI is InChI=1S/C14H19NOS/c1-2-4-14-12(3-1)13(7-10-17-14)15-11-5-8-16-9-6-11/h1-4,11,13,15H,5-10H2. The molecule has 17 heavy (non-hydrogen) atoms. The minimum Gasteiger partial charge on any atom is -0.381 e. The Kier molecular flexibility index (Phi) is 3.69. The Hall–Kier alpha value is -0.510. The Labute approximate surface area is 107 Å². The van der Waals surface area contributed by atoms with Gasteiger partial charge in [0.05, 0.1) is 0 Å². The van der Waals surface area contributed by atoms with Crippen LogP contribution in [0, 0.1) is 0 Å². The molecule has 3 heteroatoms. The molecule has 2 aliphatic heterocycles. The van der Waals surface area contributed by atoms with Crippen LogP contribution in [0.25, 0.3) is 0 Å². The summed E-state index contributed by atoms with van der Waals surface area (Å²) in [6.07, 6.45) is 3.57. The van der Waals surface area contributed by atoms with Crippen molar-refractivity contribution in [1.82, 2.24) is 5.32 Å². The third-order valence-corrected chi connectivity index (χ3v) is 4.74. The Balaban J connectivity index is 1.71. The second-order valence-corrected chi connectivity index (χ2v) is 5.92. The van der Waals surface area contributed by atoms with Crippen molar-refractivity contribution in [2.75, 3.05) is 19.0 Å². The lowest BCUT2D eigenvalue weighted by Crippen LogP contribution is -2.38. The van der Waals surface area contributed by atoms with Crippen molar-refractivity contribution in [3.05, 3.63) is 29.8 Å². The van der Waals surface area contributed by atoms with Crippen LogP contribution < -0.4 is 5.32 Å². The number of rotatable bonds is 2. The summed E-state index contributed by atoms with van der Waals surface area (Å²) < 4.78 is 5.41. The van der Waals surface area contributed by atoms with Crippen molar-refractivity contribution in [2.24, 2.45) is 0 Å². The topological polar surface area (TPSA) is 21.3 Å². The lowest BCUT2D eigenvalue weighted by atomic mass is 10.0. The fourth-order valence-corrected chi connectivity index (χ4v) is 3.79. The van der Waals surface area contributed by atoms with Gasteiger partial charge < -0.3 is 10.1 Å². The first kappa shape index (κ1) is 11.6. The molecule has 0 saturated carbocycles. The summed E-state index contributed by atoms with van der Waals surface area (Å²) in [7, 11) is 0. The second kappa shape index (κ2) is 5.42. The molecule has 2 heterocycles. The van der Waals surface area contributed by atoms with E-state index in [1.807, 2.05) is 11.8 Å². The fourth-order valence-electron chi connectivity index (χ4n) is 2.66. The molecule has 1 N–H and O–H groups in total. The van der Waals surface area contributed by atoms with Gasteiger partial charge in [0, 0.05) is 30.2 Å². The first-order valence-corrected chi connectivity index (χ1v) is 7.47. The first-order chi connectivity index (χ1) is 8.43. The Morgan fingerprint density at radius 1 is 1.12 bits per heavy atom. The molecular weight excluding hydrogens is 230 g/mol. The summed E-state index contributed by atoms with van der Waals surface area (Å²) in [6, 6.07) is 10.0. The van der Waals surface area contributed by atoms with E-state index in [0.717, 1.165) is 26.1 Å². The number of hydrogen-bond acceptors (Lipinski definition) is 3. The van der Waals surface area contributed by atoms with Crippen LogP contribution >= 0.6 is 11.8 Å². The molecule has 2 nitrogen and oxygen atoms in total. The number of nitrogens with one attached hydrogen (secondary N) is 1. The van der Waals surface area contributed by atoms with Crippen LogP contribution in [-0.2, 0) is 4.74 Å². The minimum atomic E-state index is 0.551. The van der Waals surface area contributed by atoms with E-state index in [1.165, 1.54) is 22.6 Å². The molecule has 1 aromatic carbocycles. The summed E-state index contributed by atoms with van der Waals surface area (Å²) in [4.78, 5) is 1.46. The highest BCUT2D eigenvalue weighted by atomic mass is 32.2. The summed E-state index contributed by atoms with van der Waals surface area (Å²) >= 11 is 1.99. The second-order valence-electron chi connectivity index (χ2n) is 4.78. The first-order valence-electron chi connectivity index (χ1n) is 6.49. The van der Waals surface area contributed by atoms with E-state index in [2.05, 4.69) is 29.6 Å². The van der Waals surface area contributed by atoms with Gasteiger partial charge in [0.1, 0.15) is 0 Å². The molecule has 1 fully saturated rings. The molecule has 0 bridgehead atoms. The zero-order valence-electron chi connectivity index (χ0n) is 10.0.